The molecule has 0 spiro atoms. The predicted molar refractivity (Wildman–Crippen MR) is 95.7 cm³/mol. The molecule has 1 unspecified atom stereocenters. The molecule has 0 saturated heterocycles. The summed E-state index contributed by atoms with van der Waals surface area (Å²) in [5.74, 6) is -0.158. The van der Waals surface area contributed by atoms with Gasteiger partial charge in [0, 0.05) is 11.4 Å². The second-order valence-corrected chi connectivity index (χ2v) is 7.83. The van der Waals surface area contributed by atoms with Crippen LogP contribution >= 0.6 is 0 Å². The fraction of sp³-hybridized carbons (Fsp3) is 0.278. The zero-order chi connectivity index (χ0) is 17.2. The Morgan fingerprint density at radius 1 is 1.04 bits per heavy atom. The Bertz CT molecular complexity index is 845. The lowest BCUT2D eigenvalue weighted by Crippen LogP contribution is -2.24. The van der Waals surface area contributed by atoms with Gasteiger partial charge in [0.05, 0.1) is 12.2 Å². The fourth-order valence-electron chi connectivity index (χ4n) is 3.09. The van der Waals surface area contributed by atoms with Crippen molar-refractivity contribution in [3.8, 4) is 0 Å². The summed E-state index contributed by atoms with van der Waals surface area (Å²) >= 11 is 0. The lowest BCUT2D eigenvalue weighted by Gasteiger charge is -2.24. The van der Waals surface area contributed by atoms with E-state index in [1.54, 1.807) is 24.3 Å². The van der Waals surface area contributed by atoms with E-state index in [0.717, 1.165) is 31.1 Å². The second-order valence-electron chi connectivity index (χ2n) is 6.08. The zero-order valence-electron chi connectivity index (χ0n) is 13.5. The van der Waals surface area contributed by atoms with Crippen LogP contribution in [-0.4, -0.2) is 20.6 Å². The molecule has 2 aromatic rings. The highest BCUT2D eigenvalue weighted by Crippen LogP contribution is 2.32. The summed E-state index contributed by atoms with van der Waals surface area (Å²) in [6, 6.07) is 14.7. The van der Waals surface area contributed by atoms with Crippen molar-refractivity contribution in [1.29, 1.82) is 0 Å². The fourth-order valence-corrected chi connectivity index (χ4v) is 3.66. The third-order valence-corrected chi connectivity index (χ3v) is 4.75. The minimum atomic E-state index is -3.30. The number of nitrogens with one attached hydrogen (secondary N) is 2. The molecule has 0 aliphatic heterocycles. The molecule has 0 heterocycles. The topological polar surface area (TPSA) is 75.3 Å². The van der Waals surface area contributed by atoms with Crippen LogP contribution in [0.4, 0.5) is 11.4 Å². The number of amides is 1. The molecule has 2 aromatic carbocycles. The first-order valence-electron chi connectivity index (χ1n) is 7.89. The zero-order valence-corrected chi connectivity index (χ0v) is 14.3. The van der Waals surface area contributed by atoms with Gasteiger partial charge >= 0.3 is 0 Å². The summed E-state index contributed by atoms with van der Waals surface area (Å²) in [6.07, 6.45) is 3.97. The highest BCUT2D eigenvalue weighted by molar-refractivity contribution is 7.92. The summed E-state index contributed by atoms with van der Waals surface area (Å²) in [5, 5.41) is 2.93. The van der Waals surface area contributed by atoms with Crippen molar-refractivity contribution >= 4 is 27.3 Å². The van der Waals surface area contributed by atoms with Crippen molar-refractivity contribution in [2.24, 2.45) is 0 Å². The van der Waals surface area contributed by atoms with Crippen LogP contribution in [0.5, 0.6) is 0 Å². The summed E-state index contributed by atoms with van der Waals surface area (Å²) in [4.78, 5) is 12.6. The number of carbonyl (C=O) groups is 1. The van der Waals surface area contributed by atoms with Crippen LogP contribution in [0, 0.1) is 0 Å². The molecule has 3 rings (SSSR count). The molecule has 1 amide bonds. The van der Waals surface area contributed by atoms with Crippen LogP contribution in [0.3, 0.4) is 0 Å². The number of aryl methyl sites for hydroxylation is 1. The van der Waals surface area contributed by atoms with Gasteiger partial charge in [-0.25, -0.2) is 8.42 Å². The average molecular weight is 344 g/mol. The molecule has 126 valence electrons. The number of hydrogen-bond acceptors (Lipinski definition) is 3. The van der Waals surface area contributed by atoms with Crippen molar-refractivity contribution in [3.63, 3.8) is 0 Å². The van der Waals surface area contributed by atoms with E-state index < -0.39 is 10.0 Å². The standard InChI is InChI=1S/C18H20N2O3S/c1-24(22,23)20-15-11-9-14(10-12-15)19-18(21)17-8-4-6-13-5-2-3-7-16(13)17/h2-3,5,7,9-12,17,20H,4,6,8H2,1H3,(H,19,21). The third kappa shape index (κ3) is 3.94. The lowest BCUT2D eigenvalue weighted by molar-refractivity contribution is -0.117. The Hall–Kier alpha value is -2.34. The van der Waals surface area contributed by atoms with Crippen LogP contribution < -0.4 is 10.0 Å². The molecule has 0 aromatic heterocycles. The Morgan fingerprint density at radius 2 is 1.71 bits per heavy atom. The third-order valence-electron chi connectivity index (χ3n) is 4.14. The van der Waals surface area contributed by atoms with Crippen molar-refractivity contribution < 1.29 is 13.2 Å². The molecule has 1 aliphatic rings. The molecule has 1 atom stereocenters. The number of rotatable bonds is 4. The summed E-state index contributed by atoms with van der Waals surface area (Å²) in [5.41, 5.74) is 3.48. The maximum atomic E-state index is 12.6. The molecule has 0 saturated carbocycles. The average Bonchev–Trinajstić information content (AvgIpc) is 2.55. The van der Waals surface area contributed by atoms with Gasteiger partial charge in [-0.3, -0.25) is 9.52 Å². The largest absolute Gasteiger partial charge is 0.326 e. The van der Waals surface area contributed by atoms with Crippen LogP contribution in [0.2, 0.25) is 0 Å². The SMILES string of the molecule is CS(=O)(=O)Nc1ccc(NC(=O)C2CCCc3ccccc32)cc1. The van der Waals surface area contributed by atoms with Gasteiger partial charge in [0.1, 0.15) is 0 Å². The van der Waals surface area contributed by atoms with Crippen molar-refractivity contribution in [3.05, 3.63) is 59.7 Å². The Labute approximate surface area is 142 Å². The van der Waals surface area contributed by atoms with Gasteiger partial charge in [-0.15, -0.1) is 0 Å². The molecule has 24 heavy (non-hydrogen) atoms. The lowest BCUT2D eigenvalue weighted by atomic mass is 9.82. The normalized spacial score (nSPS) is 17.0. The van der Waals surface area contributed by atoms with E-state index in [0.29, 0.717) is 11.4 Å². The second kappa shape index (κ2) is 6.65. The summed E-state index contributed by atoms with van der Waals surface area (Å²) in [7, 11) is -3.30. The molecular formula is C18H20N2O3S. The van der Waals surface area contributed by atoms with Crippen molar-refractivity contribution in [2.45, 2.75) is 25.2 Å². The molecular weight excluding hydrogens is 324 g/mol. The number of sulfonamides is 1. The molecule has 2 N–H and O–H groups in total. The highest BCUT2D eigenvalue weighted by Gasteiger charge is 2.26. The van der Waals surface area contributed by atoms with Crippen molar-refractivity contribution in [2.75, 3.05) is 16.3 Å². The number of fused-ring (bicyclic) bond motifs is 1. The first-order chi connectivity index (χ1) is 11.4. The van der Waals surface area contributed by atoms with Gasteiger partial charge in [0.15, 0.2) is 0 Å². The van der Waals surface area contributed by atoms with Crippen LogP contribution in [0.15, 0.2) is 48.5 Å². The number of carbonyl (C=O) groups excluding carboxylic acids is 1. The number of anilines is 2. The van der Waals surface area contributed by atoms with Gasteiger partial charge in [-0.2, -0.15) is 0 Å². The maximum absolute atomic E-state index is 12.6. The van der Waals surface area contributed by atoms with E-state index in [-0.39, 0.29) is 11.8 Å². The summed E-state index contributed by atoms with van der Waals surface area (Å²) in [6.45, 7) is 0. The smallest absolute Gasteiger partial charge is 0.231 e. The Kier molecular flexibility index (Phi) is 4.57. The Morgan fingerprint density at radius 3 is 2.42 bits per heavy atom. The van der Waals surface area contributed by atoms with Gasteiger partial charge in [0.2, 0.25) is 15.9 Å². The molecule has 6 heteroatoms. The molecule has 0 fully saturated rings. The van der Waals surface area contributed by atoms with E-state index in [1.807, 2.05) is 18.2 Å². The maximum Gasteiger partial charge on any atom is 0.231 e. The minimum absolute atomic E-state index is 0.0222. The van der Waals surface area contributed by atoms with Crippen LogP contribution in [0.25, 0.3) is 0 Å². The molecule has 0 bridgehead atoms. The van der Waals surface area contributed by atoms with E-state index in [9.17, 15) is 13.2 Å². The van der Waals surface area contributed by atoms with Gasteiger partial charge < -0.3 is 5.32 Å². The first-order valence-corrected chi connectivity index (χ1v) is 9.78. The van der Waals surface area contributed by atoms with E-state index in [1.165, 1.54) is 5.56 Å². The van der Waals surface area contributed by atoms with Gasteiger partial charge in [-0.1, -0.05) is 24.3 Å². The first kappa shape index (κ1) is 16.5. The molecule has 5 nitrogen and oxygen atoms in total. The van der Waals surface area contributed by atoms with Gasteiger partial charge in [0.25, 0.3) is 0 Å². The van der Waals surface area contributed by atoms with E-state index >= 15 is 0 Å². The van der Waals surface area contributed by atoms with Crippen LogP contribution in [0.1, 0.15) is 29.9 Å². The Balaban J connectivity index is 1.72. The quantitative estimate of drug-likeness (QED) is 0.895. The van der Waals surface area contributed by atoms with Crippen molar-refractivity contribution in [1.82, 2.24) is 0 Å². The summed E-state index contributed by atoms with van der Waals surface area (Å²) < 4.78 is 24.8. The molecule has 0 radical (unpaired) electrons. The molecule has 1 aliphatic carbocycles. The number of hydrogen-bond donors (Lipinski definition) is 2. The van der Waals surface area contributed by atoms with E-state index in [2.05, 4.69) is 16.1 Å². The predicted octanol–water partition coefficient (Wildman–Crippen LogP) is 3.12. The van der Waals surface area contributed by atoms with Crippen LogP contribution in [-0.2, 0) is 21.2 Å². The van der Waals surface area contributed by atoms with Gasteiger partial charge in [-0.05, 0) is 54.7 Å². The minimum Gasteiger partial charge on any atom is -0.326 e. The highest BCUT2D eigenvalue weighted by atomic mass is 32.2. The monoisotopic (exact) mass is 344 g/mol. The number of benzene rings is 2. The van der Waals surface area contributed by atoms with E-state index in [4.69, 9.17) is 0 Å².